The molecule has 0 aromatic heterocycles. The fourth-order valence-corrected chi connectivity index (χ4v) is 0.897. The molecule has 0 spiro atoms. The second-order valence-electron chi connectivity index (χ2n) is 2.59. The van der Waals surface area contributed by atoms with E-state index in [4.69, 9.17) is 0 Å². The van der Waals surface area contributed by atoms with E-state index in [1.54, 1.807) is 0 Å². The van der Waals surface area contributed by atoms with Crippen LogP contribution in [0.3, 0.4) is 0 Å². The minimum Gasteiger partial charge on any atom is -0.0998 e. The fraction of sp³-hybridized carbons (Fsp3) is 0.556. The van der Waals surface area contributed by atoms with Gasteiger partial charge in [0.05, 0.1) is 0 Å². The van der Waals surface area contributed by atoms with Crippen molar-refractivity contribution in [2.24, 2.45) is 0 Å². The summed E-state index contributed by atoms with van der Waals surface area (Å²) < 4.78 is 0. The fourth-order valence-electron chi connectivity index (χ4n) is 0.897. The number of rotatable bonds is 3. The van der Waals surface area contributed by atoms with Crippen LogP contribution in [-0.4, -0.2) is 0 Å². The molecule has 0 amide bonds. The first-order chi connectivity index (χ1) is 4.16. The van der Waals surface area contributed by atoms with Crippen molar-refractivity contribution < 1.29 is 0 Å². The van der Waals surface area contributed by atoms with Gasteiger partial charge in [0.1, 0.15) is 0 Å². The van der Waals surface area contributed by atoms with Crippen LogP contribution >= 0.6 is 0 Å². The van der Waals surface area contributed by atoms with Crippen LogP contribution in [0.15, 0.2) is 23.8 Å². The third-order valence-corrected chi connectivity index (χ3v) is 1.13. The van der Waals surface area contributed by atoms with Gasteiger partial charge in [0.15, 0.2) is 0 Å². The van der Waals surface area contributed by atoms with Gasteiger partial charge in [0.2, 0.25) is 0 Å². The van der Waals surface area contributed by atoms with E-state index in [1.807, 2.05) is 0 Å². The zero-order valence-electron chi connectivity index (χ0n) is 6.70. The first-order valence-electron chi connectivity index (χ1n) is 3.46. The molecule has 0 N–H and O–H groups in total. The molecule has 0 aromatic rings. The highest BCUT2D eigenvalue weighted by molar-refractivity contribution is 5.08. The zero-order chi connectivity index (χ0) is 7.28. The second-order valence-corrected chi connectivity index (χ2v) is 2.59. The van der Waals surface area contributed by atoms with Gasteiger partial charge in [-0.1, -0.05) is 30.7 Å². The van der Waals surface area contributed by atoms with Crippen LogP contribution in [0.5, 0.6) is 0 Å². The van der Waals surface area contributed by atoms with Gasteiger partial charge in [-0.25, -0.2) is 0 Å². The zero-order valence-corrected chi connectivity index (χ0v) is 6.70. The maximum Gasteiger partial charge on any atom is -0.0117 e. The maximum atomic E-state index is 3.84. The van der Waals surface area contributed by atoms with E-state index >= 15 is 0 Å². The summed E-state index contributed by atoms with van der Waals surface area (Å²) in [4.78, 5) is 0. The van der Waals surface area contributed by atoms with Gasteiger partial charge in [0, 0.05) is 0 Å². The summed E-state index contributed by atoms with van der Waals surface area (Å²) in [7, 11) is 0. The molecule has 0 aromatic carbocycles. The van der Waals surface area contributed by atoms with Gasteiger partial charge >= 0.3 is 0 Å². The highest BCUT2D eigenvalue weighted by Gasteiger charge is 1.86. The third-order valence-electron chi connectivity index (χ3n) is 1.13. The lowest BCUT2D eigenvalue weighted by atomic mass is 10.1. The van der Waals surface area contributed by atoms with E-state index in [9.17, 15) is 0 Å². The molecule has 0 nitrogen and oxygen atoms in total. The molecule has 0 rings (SSSR count). The van der Waals surface area contributed by atoms with Crippen molar-refractivity contribution in [1.82, 2.24) is 0 Å². The largest absolute Gasteiger partial charge is 0.0998 e. The predicted molar refractivity (Wildman–Crippen MR) is 43.5 cm³/mol. The summed E-state index contributed by atoms with van der Waals surface area (Å²) in [5.41, 5.74) is 2.68. The summed E-state index contributed by atoms with van der Waals surface area (Å²) in [6, 6.07) is 0. The molecule has 0 heterocycles. The first-order valence-corrected chi connectivity index (χ1v) is 3.46. The monoisotopic (exact) mass is 124 g/mol. The Labute approximate surface area is 58.3 Å². The highest BCUT2D eigenvalue weighted by atomic mass is 13.9. The molecule has 0 aliphatic carbocycles. The Morgan fingerprint density at radius 2 is 2.00 bits per heavy atom. The quantitative estimate of drug-likeness (QED) is 0.506. The van der Waals surface area contributed by atoms with Gasteiger partial charge in [-0.2, -0.15) is 0 Å². The van der Waals surface area contributed by atoms with Crippen LogP contribution in [0.2, 0.25) is 0 Å². The van der Waals surface area contributed by atoms with E-state index in [1.165, 1.54) is 11.1 Å². The van der Waals surface area contributed by atoms with Gasteiger partial charge in [-0.05, 0) is 26.7 Å². The Kier molecular flexibility index (Phi) is 4.12. The molecule has 0 bridgehead atoms. The lowest BCUT2D eigenvalue weighted by molar-refractivity contribution is 1.07. The van der Waals surface area contributed by atoms with Crippen LogP contribution < -0.4 is 0 Å². The molecule has 0 saturated carbocycles. The maximum absolute atomic E-state index is 3.84. The molecule has 52 valence electrons. The third kappa shape index (κ3) is 5.35. The van der Waals surface area contributed by atoms with Crippen molar-refractivity contribution in [2.45, 2.75) is 33.6 Å². The van der Waals surface area contributed by atoms with Gasteiger partial charge in [-0.15, -0.1) is 0 Å². The Hall–Kier alpha value is -0.520. The Balaban J connectivity index is 3.62. The average molecular weight is 124 g/mol. The molecule has 0 fully saturated rings. The number of hydrogen-bond acceptors (Lipinski definition) is 0. The minimum atomic E-state index is 1.06. The second kappa shape index (κ2) is 4.37. The Bertz CT molecular complexity index is 118. The summed E-state index contributed by atoms with van der Waals surface area (Å²) >= 11 is 0. The summed E-state index contributed by atoms with van der Waals surface area (Å²) in [5.74, 6) is 0. The predicted octanol–water partition coefficient (Wildman–Crippen LogP) is 3.31. The molecule has 0 atom stereocenters. The molecule has 0 saturated heterocycles. The lowest BCUT2D eigenvalue weighted by Gasteiger charge is -1.97. The van der Waals surface area contributed by atoms with E-state index in [0.29, 0.717) is 0 Å². The van der Waals surface area contributed by atoms with Crippen molar-refractivity contribution in [1.29, 1.82) is 0 Å². The van der Waals surface area contributed by atoms with Crippen molar-refractivity contribution in [3.63, 3.8) is 0 Å². The van der Waals surface area contributed by atoms with E-state index in [0.717, 1.165) is 12.8 Å². The van der Waals surface area contributed by atoms with Gasteiger partial charge in [0.25, 0.3) is 0 Å². The van der Waals surface area contributed by atoms with Crippen LogP contribution in [0.4, 0.5) is 0 Å². The van der Waals surface area contributed by atoms with Gasteiger partial charge < -0.3 is 0 Å². The van der Waals surface area contributed by atoms with E-state index in [2.05, 4.69) is 33.4 Å². The molecule has 0 heteroatoms. The summed E-state index contributed by atoms with van der Waals surface area (Å²) in [6.07, 6.45) is 4.45. The Morgan fingerprint density at radius 1 is 1.44 bits per heavy atom. The Morgan fingerprint density at radius 3 is 2.33 bits per heavy atom. The topological polar surface area (TPSA) is 0 Å². The molecular formula is C9H16. The van der Waals surface area contributed by atoms with Crippen LogP contribution in [0.1, 0.15) is 33.6 Å². The molecular weight excluding hydrogens is 108 g/mol. The summed E-state index contributed by atoms with van der Waals surface area (Å²) in [5, 5.41) is 0. The normalized spacial score (nSPS) is 11.7. The van der Waals surface area contributed by atoms with Crippen LogP contribution in [-0.2, 0) is 0 Å². The number of allylic oxidation sites excluding steroid dienone is 3. The van der Waals surface area contributed by atoms with Crippen LogP contribution in [0.25, 0.3) is 0 Å². The van der Waals surface area contributed by atoms with Crippen molar-refractivity contribution in [3.05, 3.63) is 23.8 Å². The van der Waals surface area contributed by atoms with Crippen LogP contribution in [0, 0.1) is 0 Å². The average Bonchev–Trinajstić information content (AvgIpc) is 1.63. The van der Waals surface area contributed by atoms with Crippen molar-refractivity contribution >= 4 is 0 Å². The van der Waals surface area contributed by atoms with E-state index in [-0.39, 0.29) is 0 Å². The molecule has 0 radical (unpaired) electrons. The first kappa shape index (κ1) is 8.48. The molecule has 0 unspecified atom stereocenters. The summed E-state index contributed by atoms with van der Waals surface area (Å²) in [6.45, 7) is 10.2. The smallest absolute Gasteiger partial charge is 0.0117 e. The number of hydrogen-bond donors (Lipinski definition) is 0. The highest BCUT2D eigenvalue weighted by Crippen LogP contribution is 2.07. The SMILES string of the molecule is C=C(C)CC(C)=CCC. The van der Waals surface area contributed by atoms with Crippen molar-refractivity contribution in [2.75, 3.05) is 0 Å². The molecule has 0 aliphatic rings. The molecule has 9 heavy (non-hydrogen) atoms. The van der Waals surface area contributed by atoms with E-state index < -0.39 is 0 Å². The lowest BCUT2D eigenvalue weighted by Crippen LogP contribution is -1.76. The van der Waals surface area contributed by atoms with Crippen molar-refractivity contribution in [3.8, 4) is 0 Å². The minimum absolute atomic E-state index is 1.06. The standard InChI is InChI=1S/C9H16/c1-5-6-9(4)7-8(2)3/h6H,2,5,7H2,1,3-4H3. The molecule has 0 aliphatic heterocycles. The van der Waals surface area contributed by atoms with Gasteiger partial charge in [-0.3, -0.25) is 0 Å².